The fraction of sp³-hybridized carbons (Fsp3) is 0. The van der Waals surface area contributed by atoms with Gasteiger partial charge in [-0.25, -0.2) is 0 Å². The molecule has 148 valence electrons. The maximum atomic E-state index is 6.28. The molecule has 0 saturated heterocycles. The van der Waals surface area contributed by atoms with Gasteiger partial charge in [0.15, 0.2) is 0 Å². The molecular formula is C30H23N. The smallest absolute Gasteiger partial charge is 0.0320 e. The van der Waals surface area contributed by atoms with Gasteiger partial charge in [0.1, 0.15) is 0 Å². The molecule has 0 atom stereocenters. The summed E-state index contributed by atoms with van der Waals surface area (Å²) in [6.07, 6.45) is 0. The normalized spacial score (nSPS) is 10.7. The highest BCUT2D eigenvalue weighted by atomic mass is 14.5. The first-order chi connectivity index (χ1) is 15.3. The van der Waals surface area contributed by atoms with E-state index in [0.29, 0.717) is 0 Å². The fourth-order valence-electron chi connectivity index (χ4n) is 4.19. The minimum Gasteiger partial charge on any atom is -0.399 e. The molecule has 2 N–H and O–H groups in total. The maximum Gasteiger partial charge on any atom is 0.0320 e. The van der Waals surface area contributed by atoms with Crippen molar-refractivity contribution < 1.29 is 0 Å². The Hall–Kier alpha value is -4.10. The number of nitrogens with two attached hydrogens (primary N) is 1. The molecule has 0 aliphatic rings. The summed E-state index contributed by atoms with van der Waals surface area (Å²) < 4.78 is 0. The van der Waals surface area contributed by atoms with Crippen LogP contribution in [0, 0.1) is 0 Å². The zero-order valence-electron chi connectivity index (χ0n) is 17.2. The van der Waals surface area contributed by atoms with Gasteiger partial charge in [-0.2, -0.15) is 0 Å². The number of rotatable bonds is 4. The van der Waals surface area contributed by atoms with Gasteiger partial charge in [0.05, 0.1) is 0 Å². The molecule has 0 aliphatic heterocycles. The molecule has 0 unspecified atom stereocenters. The summed E-state index contributed by atoms with van der Waals surface area (Å²) in [5.74, 6) is 0. The summed E-state index contributed by atoms with van der Waals surface area (Å²) in [7, 11) is 0. The predicted molar refractivity (Wildman–Crippen MR) is 133 cm³/mol. The van der Waals surface area contributed by atoms with E-state index < -0.39 is 0 Å². The van der Waals surface area contributed by atoms with E-state index in [9.17, 15) is 0 Å². The molecule has 0 saturated carbocycles. The fourth-order valence-corrected chi connectivity index (χ4v) is 4.19. The SMILES string of the molecule is Nc1ccc(-c2ccccc2-c2ccccc2)c(-c2ccccc2-c2ccccc2)c1. The highest BCUT2D eigenvalue weighted by molar-refractivity contribution is 5.96. The Morgan fingerprint density at radius 2 is 0.710 bits per heavy atom. The van der Waals surface area contributed by atoms with E-state index in [4.69, 9.17) is 5.73 Å². The maximum absolute atomic E-state index is 6.28. The third-order valence-corrected chi connectivity index (χ3v) is 5.65. The lowest BCUT2D eigenvalue weighted by Crippen LogP contribution is -1.93. The monoisotopic (exact) mass is 397 g/mol. The largest absolute Gasteiger partial charge is 0.399 e. The standard InChI is InChI=1S/C30H23N/c31-24-19-20-29(27-17-9-7-15-25(27)22-11-3-1-4-12-22)30(21-24)28-18-10-8-16-26(28)23-13-5-2-6-14-23/h1-21H,31H2. The van der Waals surface area contributed by atoms with E-state index in [-0.39, 0.29) is 0 Å². The first-order valence-electron chi connectivity index (χ1n) is 10.5. The Kier molecular flexibility index (Phi) is 5.08. The van der Waals surface area contributed by atoms with Crippen LogP contribution in [-0.2, 0) is 0 Å². The summed E-state index contributed by atoms with van der Waals surface area (Å²) in [4.78, 5) is 0. The lowest BCUT2D eigenvalue weighted by Gasteiger charge is -2.18. The molecule has 0 aromatic heterocycles. The van der Waals surface area contributed by atoms with Crippen LogP contribution in [0.15, 0.2) is 127 Å². The molecule has 5 rings (SSSR count). The Labute approximate surface area is 183 Å². The van der Waals surface area contributed by atoms with E-state index in [1.165, 1.54) is 38.9 Å². The number of anilines is 1. The molecule has 5 aromatic rings. The molecule has 1 nitrogen and oxygen atoms in total. The van der Waals surface area contributed by atoms with Crippen molar-refractivity contribution in [3.63, 3.8) is 0 Å². The van der Waals surface area contributed by atoms with E-state index in [1.807, 2.05) is 12.1 Å². The zero-order chi connectivity index (χ0) is 21.0. The number of benzene rings is 5. The second-order valence-corrected chi connectivity index (χ2v) is 7.63. The van der Waals surface area contributed by atoms with Crippen LogP contribution < -0.4 is 5.73 Å². The second kappa shape index (κ2) is 8.33. The van der Waals surface area contributed by atoms with Crippen molar-refractivity contribution in [2.45, 2.75) is 0 Å². The summed E-state index contributed by atoms with van der Waals surface area (Å²) in [6, 6.07) is 44.4. The summed E-state index contributed by atoms with van der Waals surface area (Å²) in [6.45, 7) is 0. The van der Waals surface area contributed by atoms with Gasteiger partial charge >= 0.3 is 0 Å². The Morgan fingerprint density at radius 3 is 1.23 bits per heavy atom. The van der Waals surface area contributed by atoms with Crippen LogP contribution in [0.3, 0.4) is 0 Å². The molecule has 0 radical (unpaired) electrons. The highest BCUT2D eigenvalue weighted by Crippen LogP contribution is 2.42. The van der Waals surface area contributed by atoms with Crippen molar-refractivity contribution in [1.29, 1.82) is 0 Å². The summed E-state index contributed by atoms with van der Waals surface area (Å²) in [5, 5.41) is 0. The van der Waals surface area contributed by atoms with Gasteiger partial charge in [0.2, 0.25) is 0 Å². The van der Waals surface area contributed by atoms with Gasteiger partial charge in [-0.1, -0.05) is 115 Å². The number of hydrogen-bond acceptors (Lipinski definition) is 1. The molecular weight excluding hydrogens is 374 g/mol. The molecule has 0 fully saturated rings. The van der Waals surface area contributed by atoms with Crippen LogP contribution in [0.5, 0.6) is 0 Å². The minimum atomic E-state index is 0.763. The first-order valence-corrected chi connectivity index (χ1v) is 10.5. The predicted octanol–water partition coefficient (Wildman–Crippen LogP) is 7.94. The van der Waals surface area contributed by atoms with Gasteiger partial charge in [0.25, 0.3) is 0 Å². The Bertz CT molecular complexity index is 1320. The number of hydrogen-bond donors (Lipinski definition) is 1. The Balaban J connectivity index is 1.76. The third kappa shape index (κ3) is 3.74. The lowest BCUT2D eigenvalue weighted by molar-refractivity contribution is 1.55. The van der Waals surface area contributed by atoms with Crippen molar-refractivity contribution >= 4 is 5.69 Å². The van der Waals surface area contributed by atoms with E-state index in [2.05, 4.69) is 115 Å². The Morgan fingerprint density at radius 1 is 0.323 bits per heavy atom. The molecule has 1 heteroatoms. The van der Waals surface area contributed by atoms with E-state index in [0.717, 1.165) is 11.3 Å². The van der Waals surface area contributed by atoms with Gasteiger partial charge in [-0.15, -0.1) is 0 Å². The average molecular weight is 398 g/mol. The van der Waals surface area contributed by atoms with Crippen molar-refractivity contribution in [1.82, 2.24) is 0 Å². The van der Waals surface area contributed by atoms with Gasteiger partial charge in [-0.05, 0) is 56.6 Å². The van der Waals surface area contributed by atoms with Crippen LogP contribution in [0.2, 0.25) is 0 Å². The second-order valence-electron chi connectivity index (χ2n) is 7.63. The third-order valence-electron chi connectivity index (χ3n) is 5.65. The minimum absolute atomic E-state index is 0.763. The highest BCUT2D eigenvalue weighted by Gasteiger charge is 2.15. The van der Waals surface area contributed by atoms with Gasteiger partial charge < -0.3 is 5.73 Å². The van der Waals surface area contributed by atoms with Gasteiger partial charge in [-0.3, -0.25) is 0 Å². The first kappa shape index (κ1) is 18.9. The number of nitrogen functional groups attached to an aromatic ring is 1. The van der Waals surface area contributed by atoms with E-state index >= 15 is 0 Å². The molecule has 31 heavy (non-hydrogen) atoms. The van der Waals surface area contributed by atoms with Crippen LogP contribution >= 0.6 is 0 Å². The molecule has 0 amide bonds. The van der Waals surface area contributed by atoms with Crippen molar-refractivity contribution in [2.75, 3.05) is 5.73 Å². The average Bonchev–Trinajstić information content (AvgIpc) is 2.85. The van der Waals surface area contributed by atoms with E-state index in [1.54, 1.807) is 0 Å². The quantitative estimate of drug-likeness (QED) is 0.306. The molecule has 0 spiro atoms. The topological polar surface area (TPSA) is 26.0 Å². The van der Waals surface area contributed by atoms with Crippen molar-refractivity contribution in [2.24, 2.45) is 0 Å². The molecule has 0 heterocycles. The van der Waals surface area contributed by atoms with Crippen LogP contribution in [-0.4, -0.2) is 0 Å². The van der Waals surface area contributed by atoms with Gasteiger partial charge in [0, 0.05) is 5.69 Å². The van der Waals surface area contributed by atoms with Crippen molar-refractivity contribution in [3.05, 3.63) is 127 Å². The van der Waals surface area contributed by atoms with Crippen LogP contribution in [0.25, 0.3) is 44.5 Å². The molecule has 0 aliphatic carbocycles. The summed E-state index contributed by atoms with van der Waals surface area (Å²) in [5.41, 5.74) is 16.6. The molecule has 0 bridgehead atoms. The summed E-state index contributed by atoms with van der Waals surface area (Å²) >= 11 is 0. The lowest BCUT2D eigenvalue weighted by atomic mass is 9.86. The van der Waals surface area contributed by atoms with Crippen LogP contribution in [0.1, 0.15) is 0 Å². The van der Waals surface area contributed by atoms with Crippen molar-refractivity contribution in [3.8, 4) is 44.5 Å². The zero-order valence-corrected chi connectivity index (χ0v) is 17.2. The molecule has 5 aromatic carbocycles. The van der Waals surface area contributed by atoms with Crippen LogP contribution in [0.4, 0.5) is 5.69 Å².